The van der Waals surface area contributed by atoms with Crippen molar-refractivity contribution in [2.75, 3.05) is 5.32 Å². The minimum atomic E-state index is -0.158. The summed E-state index contributed by atoms with van der Waals surface area (Å²) in [6.45, 7) is 3.10. The van der Waals surface area contributed by atoms with Crippen LogP contribution in [0.2, 0.25) is 0 Å². The summed E-state index contributed by atoms with van der Waals surface area (Å²) in [5.41, 5.74) is 2.14. The van der Waals surface area contributed by atoms with Crippen LogP contribution in [-0.4, -0.2) is 15.5 Å². The van der Waals surface area contributed by atoms with Crippen molar-refractivity contribution < 1.29 is 9.53 Å². The van der Waals surface area contributed by atoms with Crippen molar-refractivity contribution in [2.24, 2.45) is 0 Å². The van der Waals surface area contributed by atoms with E-state index in [0.717, 1.165) is 16.7 Å². The number of carbonyl (C=O) groups excluding carboxylic acids is 1. The third kappa shape index (κ3) is 4.48. The summed E-state index contributed by atoms with van der Waals surface area (Å²) in [6, 6.07) is 14.8. The molecule has 0 fully saturated rings. The molecule has 3 aromatic rings. The average Bonchev–Trinajstić information content (AvgIpc) is 3.02. The van der Waals surface area contributed by atoms with Gasteiger partial charge in [-0.3, -0.25) is 9.78 Å². The second kappa shape index (κ2) is 7.98. The highest BCUT2D eigenvalue weighted by Gasteiger charge is 2.12. The third-order valence-corrected chi connectivity index (χ3v) is 4.07. The molecule has 1 aromatic carbocycles. The highest BCUT2D eigenvalue weighted by molar-refractivity contribution is 9.10. The zero-order chi connectivity index (χ0) is 17.6. The van der Waals surface area contributed by atoms with Crippen LogP contribution in [0.5, 0.6) is 5.75 Å². The molecule has 0 saturated heterocycles. The Bertz CT molecular complexity index is 862. The molecular formula is C19H18BrN3O2. The first-order valence-electron chi connectivity index (χ1n) is 7.95. The van der Waals surface area contributed by atoms with Crippen LogP contribution in [-0.2, 0) is 13.2 Å². The lowest BCUT2D eigenvalue weighted by atomic mass is 10.3. The van der Waals surface area contributed by atoms with Gasteiger partial charge < -0.3 is 14.6 Å². The Hall–Kier alpha value is -2.60. The van der Waals surface area contributed by atoms with Crippen molar-refractivity contribution in [3.8, 4) is 5.75 Å². The molecule has 0 radical (unpaired) electrons. The molecule has 0 unspecified atom stereocenters. The number of hydrogen-bond donors (Lipinski definition) is 1. The SMILES string of the molecule is CCn1cc(Br)cc1C(=O)Nc1cccc(OCc2ccccn2)c1. The van der Waals surface area contributed by atoms with Crippen LogP contribution in [0, 0.1) is 0 Å². The van der Waals surface area contributed by atoms with Gasteiger partial charge in [-0.2, -0.15) is 0 Å². The van der Waals surface area contributed by atoms with E-state index in [1.807, 2.05) is 54.1 Å². The summed E-state index contributed by atoms with van der Waals surface area (Å²) in [6.07, 6.45) is 3.62. The van der Waals surface area contributed by atoms with Gasteiger partial charge in [0.05, 0.1) is 5.69 Å². The molecule has 1 N–H and O–H groups in total. The molecule has 3 rings (SSSR count). The fourth-order valence-electron chi connectivity index (χ4n) is 2.43. The summed E-state index contributed by atoms with van der Waals surface area (Å²) in [5.74, 6) is 0.518. The van der Waals surface area contributed by atoms with Crippen molar-refractivity contribution in [1.82, 2.24) is 9.55 Å². The number of aromatic nitrogens is 2. The molecule has 25 heavy (non-hydrogen) atoms. The zero-order valence-electron chi connectivity index (χ0n) is 13.8. The van der Waals surface area contributed by atoms with Crippen molar-refractivity contribution in [3.05, 3.63) is 76.8 Å². The number of halogens is 1. The molecule has 0 spiro atoms. The van der Waals surface area contributed by atoms with E-state index in [0.29, 0.717) is 23.7 Å². The van der Waals surface area contributed by atoms with Gasteiger partial charge in [-0.25, -0.2) is 0 Å². The van der Waals surface area contributed by atoms with Gasteiger partial charge >= 0.3 is 0 Å². The quantitative estimate of drug-likeness (QED) is 0.663. The van der Waals surface area contributed by atoms with Crippen LogP contribution in [0.1, 0.15) is 23.1 Å². The zero-order valence-corrected chi connectivity index (χ0v) is 15.4. The number of carbonyl (C=O) groups is 1. The molecule has 2 heterocycles. The lowest BCUT2D eigenvalue weighted by Gasteiger charge is -2.10. The number of ether oxygens (including phenoxy) is 1. The van der Waals surface area contributed by atoms with Gasteiger partial charge in [-0.15, -0.1) is 0 Å². The van der Waals surface area contributed by atoms with Gasteiger partial charge in [0.25, 0.3) is 5.91 Å². The van der Waals surface area contributed by atoms with E-state index in [1.54, 1.807) is 18.3 Å². The fraction of sp³-hybridized carbons (Fsp3) is 0.158. The Labute approximate surface area is 154 Å². The maximum absolute atomic E-state index is 12.5. The van der Waals surface area contributed by atoms with Crippen LogP contribution in [0.25, 0.3) is 0 Å². The number of anilines is 1. The van der Waals surface area contributed by atoms with E-state index in [9.17, 15) is 4.79 Å². The number of aryl methyl sites for hydroxylation is 1. The van der Waals surface area contributed by atoms with Gasteiger partial charge in [0.1, 0.15) is 18.1 Å². The van der Waals surface area contributed by atoms with E-state index < -0.39 is 0 Å². The average molecular weight is 400 g/mol. The minimum Gasteiger partial charge on any atom is -0.487 e. The van der Waals surface area contributed by atoms with E-state index in [2.05, 4.69) is 26.2 Å². The molecule has 6 heteroatoms. The van der Waals surface area contributed by atoms with Gasteiger partial charge in [-0.1, -0.05) is 12.1 Å². The molecule has 0 saturated carbocycles. The highest BCUT2D eigenvalue weighted by Crippen LogP contribution is 2.20. The van der Waals surface area contributed by atoms with E-state index in [-0.39, 0.29) is 5.91 Å². The maximum Gasteiger partial charge on any atom is 0.272 e. The summed E-state index contributed by atoms with van der Waals surface area (Å²) in [7, 11) is 0. The van der Waals surface area contributed by atoms with E-state index in [4.69, 9.17) is 4.74 Å². The maximum atomic E-state index is 12.5. The van der Waals surface area contributed by atoms with Crippen molar-refractivity contribution in [2.45, 2.75) is 20.1 Å². The number of amides is 1. The van der Waals surface area contributed by atoms with Crippen LogP contribution in [0.4, 0.5) is 5.69 Å². The van der Waals surface area contributed by atoms with Gasteiger partial charge in [0.15, 0.2) is 0 Å². The summed E-state index contributed by atoms with van der Waals surface area (Å²) < 4.78 is 8.51. The smallest absolute Gasteiger partial charge is 0.272 e. The molecular weight excluding hydrogens is 382 g/mol. The standard InChI is InChI=1S/C19H18BrN3O2/c1-2-23-12-14(20)10-18(23)19(24)22-15-7-5-8-17(11-15)25-13-16-6-3-4-9-21-16/h3-12H,2,13H2,1H3,(H,22,24). The minimum absolute atomic E-state index is 0.158. The molecule has 0 atom stereocenters. The molecule has 0 aliphatic carbocycles. The number of rotatable bonds is 6. The van der Waals surface area contributed by atoms with Crippen molar-refractivity contribution in [3.63, 3.8) is 0 Å². The van der Waals surface area contributed by atoms with Crippen LogP contribution in [0.3, 0.4) is 0 Å². The third-order valence-electron chi connectivity index (χ3n) is 3.64. The number of pyridine rings is 1. The second-order valence-corrected chi connectivity index (χ2v) is 6.34. The Morgan fingerprint density at radius 2 is 2.12 bits per heavy atom. The largest absolute Gasteiger partial charge is 0.487 e. The van der Waals surface area contributed by atoms with Crippen molar-refractivity contribution in [1.29, 1.82) is 0 Å². The van der Waals surface area contributed by atoms with Gasteiger partial charge in [0.2, 0.25) is 0 Å². The monoisotopic (exact) mass is 399 g/mol. The first kappa shape index (κ1) is 17.2. The van der Waals surface area contributed by atoms with E-state index in [1.165, 1.54) is 0 Å². The number of nitrogens with zero attached hydrogens (tertiary/aromatic N) is 2. The molecule has 5 nitrogen and oxygen atoms in total. The molecule has 2 aromatic heterocycles. The molecule has 128 valence electrons. The molecule has 0 bridgehead atoms. The number of benzene rings is 1. The Morgan fingerprint density at radius 1 is 1.24 bits per heavy atom. The topological polar surface area (TPSA) is 56.2 Å². The van der Waals surface area contributed by atoms with Crippen LogP contribution < -0.4 is 10.1 Å². The van der Waals surface area contributed by atoms with Crippen LogP contribution >= 0.6 is 15.9 Å². The Morgan fingerprint density at radius 3 is 2.88 bits per heavy atom. The van der Waals surface area contributed by atoms with Crippen LogP contribution in [0.15, 0.2) is 65.4 Å². The Balaban J connectivity index is 1.68. The first-order chi connectivity index (χ1) is 12.2. The summed E-state index contributed by atoms with van der Waals surface area (Å²) in [5, 5.41) is 2.91. The fourth-order valence-corrected chi connectivity index (χ4v) is 2.89. The lowest BCUT2D eigenvalue weighted by Crippen LogP contribution is -2.16. The summed E-state index contributed by atoms with van der Waals surface area (Å²) >= 11 is 3.41. The molecule has 1 amide bonds. The molecule has 0 aliphatic rings. The van der Waals surface area contributed by atoms with Crippen molar-refractivity contribution >= 4 is 27.5 Å². The number of nitrogens with one attached hydrogen (secondary N) is 1. The molecule has 0 aliphatic heterocycles. The normalized spacial score (nSPS) is 10.5. The Kier molecular flexibility index (Phi) is 5.50. The summed E-state index contributed by atoms with van der Waals surface area (Å²) in [4.78, 5) is 16.7. The van der Waals surface area contributed by atoms with E-state index >= 15 is 0 Å². The van der Waals surface area contributed by atoms with Gasteiger partial charge in [0, 0.05) is 35.2 Å². The predicted octanol–water partition coefficient (Wildman–Crippen LogP) is 4.50. The second-order valence-electron chi connectivity index (χ2n) is 5.42. The lowest BCUT2D eigenvalue weighted by molar-refractivity contribution is 0.101. The first-order valence-corrected chi connectivity index (χ1v) is 8.75. The predicted molar refractivity (Wildman–Crippen MR) is 101 cm³/mol. The number of hydrogen-bond acceptors (Lipinski definition) is 3. The van der Waals surface area contributed by atoms with Gasteiger partial charge in [-0.05, 0) is 53.2 Å². The highest BCUT2D eigenvalue weighted by atomic mass is 79.9.